The quantitative estimate of drug-likeness (QED) is 0.494. The normalized spacial score (nSPS) is 23.0. The second-order valence-electron chi connectivity index (χ2n) is 10.5. The Bertz CT molecular complexity index is 1300. The molecule has 6 rings (SSSR count). The second kappa shape index (κ2) is 7.70. The van der Waals surface area contributed by atoms with Gasteiger partial charge in [0.2, 0.25) is 0 Å². The Kier molecular flexibility index (Phi) is 5.13. The number of carbonyl (C=O) groups is 2. The maximum Gasteiger partial charge on any atom is 0.254 e. The molecular weight excluding hydrogens is 454 g/mol. The first-order valence-electron chi connectivity index (χ1n) is 11.4. The van der Waals surface area contributed by atoms with Crippen molar-refractivity contribution in [3.8, 4) is 11.3 Å². The van der Waals surface area contributed by atoms with Gasteiger partial charge < -0.3 is 16.0 Å². The molecule has 1 amide bonds. The predicted octanol–water partition coefficient (Wildman–Crippen LogP) is 4.25. The average molecular weight is 482 g/mol. The average Bonchev–Trinajstić information content (AvgIpc) is 3.29. The van der Waals surface area contributed by atoms with Crippen LogP contribution in [0.4, 0.5) is 5.82 Å². The molecule has 3 fully saturated rings. The van der Waals surface area contributed by atoms with Crippen molar-refractivity contribution in [3.05, 3.63) is 51.9 Å². The van der Waals surface area contributed by atoms with Crippen LogP contribution in [0.1, 0.15) is 73.5 Å². The van der Waals surface area contributed by atoms with Crippen LogP contribution in [0.2, 0.25) is 5.02 Å². The van der Waals surface area contributed by atoms with Gasteiger partial charge in [-0.2, -0.15) is 5.10 Å². The third kappa shape index (κ3) is 3.60. The number of ketones is 1. The number of benzene rings is 1. The molecule has 0 saturated heterocycles. The van der Waals surface area contributed by atoms with E-state index in [0.717, 1.165) is 30.5 Å². The summed E-state index contributed by atoms with van der Waals surface area (Å²) in [6.07, 6.45) is 3.85. The SMILES string of the molecule is CC(C)n1nc(-c2ccc(CC(=O)Cc3cc(C45CC(C)(C4)C5)no3)cc2Cl)c(C(N)=O)c1N. The van der Waals surface area contributed by atoms with Gasteiger partial charge >= 0.3 is 0 Å². The van der Waals surface area contributed by atoms with Crippen LogP contribution in [0, 0.1) is 5.41 Å². The fraction of sp³-hybridized carbons (Fsp3) is 0.440. The van der Waals surface area contributed by atoms with Crippen molar-refractivity contribution in [2.45, 2.75) is 64.3 Å². The number of anilines is 1. The number of aromatic nitrogens is 3. The first kappa shape index (κ1) is 22.7. The molecule has 0 spiro atoms. The van der Waals surface area contributed by atoms with Crippen LogP contribution < -0.4 is 11.5 Å². The van der Waals surface area contributed by atoms with E-state index in [1.807, 2.05) is 19.9 Å². The lowest BCUT2D eigenvalue weighted by Gasteiger charge is -2.68. The van der Waals surface area contributed by atoms with E-state index in [0.29, 0.717) is 27.5 Å². The van der Waals surface area contributed by atoms with Gasteiger partial charge in [-0.3, -0.25) is 9.59 Å². The zero-order valence-corrected chi connectivity index (χ0v) is 20.3. The first-order chi connectivity index (χ1) is 16.0. The molecule has 2 aromatic heterocycles. The standard InChI is InChI=1S/C25H28ClN5O3/c1-13(2)31-22(27)20(23(28)33)21(29-31)17-5-4-14(7-18(17)26)6-15(32)8-16-9-19(30-34-16)25-10-24(3,11-25)12-25/h4-5,7,9,13H,6,8,10-12,27H2,1-3H3,(H2,28,33). The van der Waals surface area contributed by atoms with Crippen LogP contribution in [0.25, 0.3) is 11.3 Å². The molecule has 178 valence electrons. The maximum atomic E-state index is 12.7. The van der Waals surface area contributed by atoms with Crippen molar-refractivity contribution < 1.29 is 14.1 Å². The third-order valence-corrected chi connectivity index (χ3v) is 7.45. The van der Waals surface area contributed by atoms with Crippen molar-refractivity contribution in [3.63, 3.8) is 0 Å². The maximum absolute atomic E-state index is 12.7. The number of rotatable bonds is 8. The van der Waals surface area contributed by atoms with Gasteiger partial charge in [-0.05, 0) is 50.2 Å². The Morgan fingerprint density at radius 2 is 1.91 bits per heavy atom. The molecule has 3 aliphatic carbocycles. The summed E-state index contributed by atoms with van der Waals surface area (Å²) in [5, 5.41) is 9.07. The number of Topliss-reactive ketones (excluding diaryl/α,β-unsaturated/α-hetero) is 1. The molecule has 0 aliphatic heterocycles. The number of nitrogens with zero attached hydrogens (tertiary/aromatic N) is 3. The van der Waals surface area contributed by atoms with Crippen molar-refractivity contribution in [2.75, 3.05) is 5.73 Å². The van der Waals surface area contributed by atoms with Gasteiger partial charge in [-0.15, -0.1) is 0 Å². The largest absolute Gasteiger partial charge is 0.383 e. The number of nitrogen functional groups attached to an aromatic ring is 1. The predicted molar refractivity (Wildman–Crippen MR) is 129 cm³/mol. The van der Waals surface area contributed by atoms with Gasteiger partial charge in [0, 0.05) is 29.5 Å². The summed E-state index contributed by atoms with van der Waals surface area (Å²) in [7, 11) is 0. The lowest BCUT2D eigenvalue weighted by molar-refractivity contribution is -0.129. The molecule has 8 nitrogen and oxygen atoms in total. The van der Waals surface area contributed by atoms with Crippen LogP contribution in [0.5, 0.6) is 0 Å². The number of primary amides is 1. The Balaban J connectivity index is 1.30. The van der Waals surface area contributed by atoms with Gasteiger partial charge in [0.15, 0.2) is 0 Å². The minimum Gasteiger partial charge on any atom is -0.383 e. The van der Waals surface area contributed by atoms with Crippen LogP contribution in [-0.4, -0.2) is 26.6 Å². The van der Waals surface area contributed by atoms with E-state index < -0.39 is 5.91 Å². The highest BCUT2D eigenvalue weighted by atomic mass is 35.5. The highest BCUT2D eigenvalue weighted by Gasteiger charge is 2.66. The van der Waals surface area contributed by atoms with E-state index in [1.54, 1.807) is 22.9 Å². The van der Waals surface area contributed by atoms with E-state index in [-0.39, 0.29) is 41.5 Å². The molecule has 2 heterocycles. The minimum absolute atomic E-state index is 0.00206. The summed E-state index contributed by atoms with van der Waals surface area (Å²) in [5.74, 6) is 0.127. The molecule has 3 aromatic rings. The molecule has 34 heavy (non-hydrogen) atoms. The fourth-order valence-corrected chi connectivity index (χ4v) is 6.12. The fourth-order valence-electron chi connectivity index (χ4n) is 5.83. The monoisotopic (exact) mass is 481 g/mol. The Morgan fingerprint density at radius 3 is 2.50 bits per heavy atom. The van der Waals surface area contributed by atoms with Gasteiger partial charge in [0.05, 0.1) is 17.1 Å². The third-order valence-electron chi connectivity index (χ3n) is 7.14. The molecule has 3 aliphatic rings. The number of hydrogen-bond donors (Lipinski definition) is 2. The van der Waals surface area contributed by atoms with Gasteiger partial charge in [-0.1, -0.05) is 35.8 Å². The zero-order chi connectivity index (χ0) is 24.4. The van der Waals surface area contributed by atoms with Crippen molar-refractivity contribution in [1.29, 1.82) is 0 Å². The molecule has 3 saturated carbocycles. The summed E-state index contributed by atoms with van der Waals surface area (Å²) < 4.78 is 7.00. The summed E-state index contributed by atoms with van der Waals surface area (Å²) >= 11 is 6.54. The molecule has 2 bridgehead atoms. The topological polar surface area (TPSA) is 130 Å². The van der Waals surface area contributed by atoms with Crippen molar-refractivity contribution >= 4 is 29.1 Å². The smallest absolute Gasteiger partial charge is 0.254 e. The molecule has 1 aromatic carbocycles. The first-order valence-corrected chi connectivity index (χ1v) is 11.8. The van der Waals surface area contributed by atoms with Crippen LogP contribution >= 0.6 is 11.6 Å². The highest BCUT2D eigenvalue weighted by molar-refractivity contribution is 6.33. The van der Waals surface area contributed by atoms with Gasteiger partial charge in [0.25, 0.3) is 5.91 Å². The second-order valence-corrected chi connectivity index (χ2v) is 10.9. The lowest BCUT2D eigenvalue weighted by Crippen LogP contribution is -2.63. The minimum atomic E-state index is -0.672. The molecule has 4 N–H and O–H groups in total. The highest BCUT2D eigenvalue weighted by Crippen LogP contribution is 2.73. The van der Waals surface area contributed by atoms with E-state index in [1.165, 1.54) is 0 Å². The molecule has 9 heteroatoms. The van der Waals surface area contributed by atoms with Gasteiger partial charge in [0.1, 0.15) is 28.6 Å². The summed E-state index contributed by atoms with van der Waals surface area (Å²) in [4.78, 5) is 24.7. The van der Waals surface area contributed by atoms with Crippen LogP contribution in [-0.2, 0) is 23.1 Å². The Labute approximate surface area is 202 Å². The summed E-state index contributed by atoms with van der Waals surface area (Å²) in [6.45, 7) is 6.11. The summed E-state index contributed by atoms with van der Waals surface area (Å²) in [5.41, 5.74) is 15.1. The van der Waals surface area contributed by atoms with Crippen molar-refractivity contribution in [1.82, 2.24) is 14.9 Å². The van der Waals surface area contributed by atoms with E-state index >= 15 is 0 Å². The molecule has 0 unspecified atom stereocenters. The molecule has 0 radical (unpaired) electrons. The lowest BCUT2D eigenvalue weighted by atomic mass is 9.35. The van der Waals surface area contributed by atoms with Gasteiger partial charge in [-0.25, -0.2) is 4.68 Å². The molecular formula is C25H28ClN5O3. The Hall–Kier alpha value is -3.13. The van der Waals surface area contributed by atoms with Crippen molar-refractivity contribution in [2.24, 2.45) is 11.1 Å². The number of amides is 1. The number of halogens is 1. The van der Waals surface area contributed by atoms with Crippen LogP contribution in [0.3, 0.4) is 0 Å². The van der Waals surface area contributed by atoms with E-state index in [9.17, 15) is 9.59 Å². The number of nitrogens with two attached hydrogens (primary N) is 2. The summed E-state index contributed by atoms with van der Waals surface area (Å²) in [6, 6.07) is 7.12. The van der Waals surface area contributed by atoms with E-state index in [2.05, 4.69) is 17.2 Å². The van der Waals surface area contributed by atoms with Crippen LogP contribution in [0.15, 0.2) is 28.8 Å². The number of carbonyl (C=O) groups excluding carboxylic acids is 2. The zero-order valence-electron chi connectivity index (χ0n) is 19.5. The molecule has 0 atom stereocenters. The number of hydrogen-bond acceptors (Lipinski definition) is 6. The Morgan fingerprint density at radius 1 is 1.21 bits per heavy atom. The van der Waals surface area contributed by atoms with E-state index in [4.69, 9.17) is 27.6 Å².